The fourth-order valence-electron chi connectivity index (χ4n) is 2.87. The molecule has 0 radical (unpaired) electrons. The molecule has 2 aliphatic heterocycles. The highest BCUT2D eigenvalue weighted by molar-refractivity contribution is 6.69. The summed E-state index contributed by atoms with van der Waals surface area (Å²) in [7, 11) is -0.544. The minimum atomic E-state index is -1.92. The molecule has 2 heterocycles. The van der Waals surface area contributed by atoms with Gasteiger partial charge in [-0.05, 0) is 38.6 Å². The van der Waals surface area contributed by atoms with Crippen molar-refractivity contribution in [1.29, 1.82) is 0 Å². The second-order valence-electron chi connectivity index (χ2n) is 6.01. The minimum Gasteiger partial charge on any atom is -0.469 e. The van der Waals surface area contributed by atoms with E-state index in [1.165, 1.54) is 13.2 Å². The molecule has 0 spiro atoms. The summed E-state index contributed by atoms with van der Waals surface area (Å²) in [6, 6.07) is 0. The van der Waals surface area contributed by atoms with Crippen molar-refractivity contribution in [3.63, 3.8) is 0 Å². The van der Waals surface area contributed by atoms with E-state index >= 15 is 0 Å². The predicted molar refractivity (Wildman–Crippen MR) is 72.8 cm³/mol. The topological polar surface area (TPSA) is 55.8 Å². The summed E-state index contributed by atoms with van der Waals surface area (Å²) in [5.74, 6) is -0.810. The molecule has 0 saturated carbocycles. The van der Waals surface area contributed by atoms with Crippen molar-refractivity contribution in [3.8, 4) is 0 Å². The normalized spacial score (nSPS) is 30.4. The Morgan fingerprint density at radius 3 is 2.74 bits per heavy atom. The van der Waals surface area contributed by atoms with Crippen molar-refractivity contribution >= 4 is 20.2 Å². The standard InChI is InChI=1S/C13H21NO4Si/c1-17-12(16)10-6-5-9-14-11(15)7-8-13(10,14)18-19(2,3)4/h7-8,10H,5-6,9H2,1-4H3/t10-,13+/m1/s1. The number of hydrogen-bond acceptors (Lipinski definition) is 4. The fourth-order valence-corrected chi connectivity index (χ4v) is 4.17. The van der Waals surface area contributed by atoms with Gasteiger partial charge in [-0.15, -0.1) is 0 Å². The lowest BCUT2D eigenvalue weighted by Gasteiger charge is -2.48. The van der Waals surface area contributed by atoms with E-state index in [9.17, 15) is 9.59 Å². The summed E-state index contributed by atoms with van der Waals surface area (Å²) in [5.41, 5.74) is -0.924. The molecule has 2 rings (SSSR count). The molecule has 5 nitrogen and oxygen atoms in total. The van der Waals surface area contributed by atoms with E-state index in [1.807, 2.05) is 0 Å². The quantitative estimate of drug-likeness (QED) is 0.582. The molecule has 19 heavy (non-hydrogen) atoms. The smallest absolute Gasteiger partial charge is 0.313 e. The lowest BCUT2D eigenvalue weighted by molar-refractivity contribution is -0.173. The lowest BCUT2D eigenvalue weighted by Crippen LogP contribution is -2.62. The van der Waals surface area contributed by atoms with Gasteiger partial charge in [0.15, 0.2) is 14.0 Å². The second-order valence-corrected chi connectivity index (χ2v) is 10.4. The molecule has 0 N–H and O–H groups in total. The van der Waals surface area contributed by atoms with E-state index in [0.717, 1.165) is 6.42 Å². The SMILES string of the molecule is COC(=O)[C@H]1CCCN2C(=O)C=C[C@]12O[Si](C)(C)C. The summed E-state index contributed by atoms with van der Waals surface area (Å²) in [6.07, 6.45) is 4.74. The summed E-state index contributed by atoms with van der Waals surface area (Å²) < 4.78 is 11.1. The van der Waals surface area contributed by atoms with Gasteiger partial charge in [0.1, 0.15) is 5.92 Å². The molecule has 0 aliphatic carbocycles. The number of esters is 1. The van der Waals surface area contributed by atoms with Gasteiger partial charge in [0.05, 0.1) is 7.11 Å². The van der Waals surface area contributed by atoms with Crippen LogP contribution in [0.1, 0.15) is 12.8 Å². The Bertz CT molecular complexity index is 429. The first kappa shape index (κ1) is 14.3. The molecule has 0 unspecified atom stereocenters. The van der Waals surface area contributed by atoms with Crippen molar-refractivity contribution < 1.29 is 18.8 Å². The molecular formula is C13H21NO4Si. The maximum atomic E-state index is 12.0. The molecule has 106 valence electrons. The van der Waals surface area contributed by atoms with Crippen LogP contribution in [0.2, 0.25) is 19.6 Å². The number of hydrogen-bond donors (Lipinski definition) is 0. The zero-order valence-electron chi connectivity index (χ0n) is 11.9. The van der Waals surface area contributed by atoms with Crippen LogP contribution in [0.15, 0.2) is 12.2 Å². The van der Waals surface area contributed by atoms with Crippen LogP contribution in [-0.2, 0) is 18.8 Å². The number of nitrogens with zero attached hydrogens (tertiary/aromatic N) is 1. The van der Waals surface area contributed by atoms with Crippen molar-refractivity contribution in [3.05, 3.63) is 12.2 Å². The molecule has 2 aliphatic rings. The van der Waals surface area contributed by atoms with Crippen LogP contribution in [0.4, 0.5) is 0 Å². The third-order valence-electron chi connectivity index (χ3n) is 3.48. The first-order valence-corrected chi connectivity index (χ1v) is 10.00. The maximum absolute atomic E-state index is 12.0. The largest absolute Gasteiger partial charge is 0.469 e. The van der Waals surface area contributed by atoms with Gasteiger partial charge in [0, 0.05) is 12.6 Å². The first-order chi connectivity index (χ1) is 8.80. The Hall–Kier alpha value is -1.14. The third-order valence-corrected chi connectivity index (χ3v) is 4.42. The number of carbonyl (C=O) groups excluding carboxylic acids is 2. The molecule has 6 heteroatoms. The highest BCUT2D eigenvalue weighted by Crippen LogP contribution is 2.42. The molecule has 0 aromatic rings. The zero-order chi connectivity index (χ0) is 14.3. The number of rotatable bonds is 3. The van der Waals surface area contributed by atoms with E-state index in [4.69, 9.17) is 9.16 Å². The summed E-state index contributed by atoms with van der Waals surface area (Å²) >= 11 is 0. The highest BCUT2D eigenvalue weighted by atomic mass is 28.4. The number of amides is 1. The Morgan fingerprint density at radius 1 is 1.47 bits per heavy atom. The van der Waals surface area contributed by atoms with Gasteiger partial charge in [-0.25, -0.2) is 0 Å². The molecule has 1 saturated heterocycles. The summed E-state index contributed by atoms with van der Waals surface area (Å²) in [5, 5.41) is 0. The average molecular weight is 283 g/mol. The molecular weight excluding hydrogens is 262 g/mol. The van der Waals surface area contributed by atoms with Gasteiger partial charge in [0.25, 0.3) is 0 Å². The van der Waals surface area contributed by atoms with Gasteiger partial charge in [-0.2, -0.15) is 0 Å². The van der Waals surface area contributed by atoms with Crippen LogP contribution >= 0.6 is 0 Å². The van der Waals surface area contributed by atoms with Crippen LogP contribution in [0, 0.1) is 5.92 Å². The van der Waals surface area contributed by atoms with E-state index in [-0.39, 0.29) is 11.9 Å². The first-order valence-electron chi connectivity index (χ1n) is 6.59. The second kappa shape index (κ2) is 4.75. The maximum Gasteiger partial charge on any atom is 0.313 e. The van der Waals surface area contributed by atoms with Crippen molar-refractivity contribution in [2.45, 2.75) is 38.2 Å². The van der Waals surface area contributed by atoms with Crippen LogP contribution in [-0.4, -0.2) is 44.5 Å². The van der Waals surface area contributed by atoms with Crippen LogP contribution in [0.3, 0.4) is 0 Å². The van der Waals surface area contributed by atoms with Crippen LogP contribution in [0.5, 0.6) is 0 Å². The minimum absolute atomic E-state index is 0.0770. The molecule has 0 aromatic heterocycles. The molecule has 1 fully saturated rings. The molecule has 0 bridgehead atoms. The van der Waals surface area contributed by atoms with Crippen molar-refractivity contribution in [2.24, 2.45) is 5.92 Å². The van der Waals surface area contributed by atoms with E-state index in [0.29, 0.717) is 13.0 Å². The Morgan fingerprint density at radius 2 is 2.16 bits per heavy atom. The van der Waals surface area contributed by atoms with Crippen molar-refractivity contribution in [1.82, 2.24) is 4.90 Å². The number of methoxy groups -OCH3 is 1. The van der Waals surface area contributed by atoms with Gasteiger partial charge >= 0.3 is 5.97 Å². The van der Waals surface area contributed by atoms with Gasteiger partial charge in [-0.1, -0.05) is 0 Å². The monoisotopic (exact) mass is 283 g/mol. The predicted octanol–water partition coefficient (Wildman–Crippen LogP) is 1.52. The molecule has 2 atom stereocenters. The Labute approximate surface area is 114 Å². The number of fused-ring (bicyclic) bond motifs is 1. The van der Waals surface area contributed by atoms with Crippen LogP contribution < -0.4 is 0 Å². The third kappa shape index (κ3) is 2.46. The fraction of sp³-hybridized carbons (Fsp3) is 0.692. The van der Waals surface area contributed by atoms with Crippen LogP contribution in [0.25, 0.3) is 0 Å². The number of carbonyl (C=O) groups is 2. The van der Waals surface area contributed by atoms with Gasteiger partial charge < -0.3 is 14.1 Å². The van der Waals surface area contributed by atoms with E-state index < -0.39 is 20.0 Å². The molecule has 0 aromatic carbocycles. The summed E-state index contributed by atoms with van der Waals surface area (Å²) in [4.78, 5) is 25.7. The highest BCUT2D eigenvalue weighted by Gasteiger charge is 2.55. The molecule has 1 amide bonds. The average Bonchev–Trinajstić information content (AvgIpc) is 2.63. The Kier molecular flexibility index (Phi) is 3.57. The number of ether oxygens (including phenoxy) is 1. The number of piperidine rings is 1. The van der Waals surface area contributed by atoms with Crippen molar-refractivity contribution in [2.75, 3.05) is 13.7 Å². The zero-order valence-corrected chi connectivity index (χ0v) is 12.9. The van der Waals surface area contributed by atoms with E-state index in [2.05, 4.69) is 19.6 Å². The Balaban J connectivity index is 2.41. The lowest BCUT2D eigenvalue weighted by atomic mass is 9.87. The van der Waals surface area contributed by atoms with Gasteiger partial charge in [0.2, 0.25) is 5.91 Å². The van der Waals surface area contributed by atoms with E-state index in [1.54, 1.807) is 11.0 Å². The summed E-state index contributed by atoms with van der Waals surface area (Å²) in [6.45, 7) is 6.79. The van der Waals surface area contributed by atoms with Gasteiger partial charge in [-0.3, -0.25) is 9.59 Å².